The average Bonchev–Trinajstić information content (AvgIpc) is 2.49. The number of nitrogens with one attached hydrogen (secondary N) is 1. The molecule has 2 aromatic rings. The fourth-order valence-corrected chi connectivity index (χ4v) is 2.30. The van der Waals surface area contributed by atoms with Gasteiger partial charge in [0.25, 0.3) is 5.91 Å². The third kappa shape index (κ3) is 3.52. The summed E-state index contributed by atoms with van der Waals surface area (Å²) >= 11 is 0. The molecule has 0 atom stereocenters. The van der Waals surface area contributed by atoms with Crippen LogP contribution < -0.4 is 16.0 Å². The summed E-state index contributed by atoms with van der Waals surface area (Å²) in [5.41, 5.74) is 7.59. The van der Waals surface area contributed by atoms with E-state index in [9.17, 15) is 4.79 Å². The highest BCUT2D eigenvalue weighted by atomic mass is 16.1. The number of hydrogen-bond donors (Lipinski definition) is 2. The molecule has 6 heteroatoms. The summed E-state index contributed by atoms with van der Waals surface area (Å²) in [6.45, 7) is 7.35. The minimum Gasteiger partial charge on any atom is -0.382 e. The van der Waals surface area contributed by atoms with Gasteiger partial charge in [-0.15, -0.1) is 0 Å². The zero-order valence-corrected chi connectivity index (χ0v) is 13.1. The van der Waals surface area contributed by atoms with Crippen LogP contribution in [-0.4, -0.2) is 28.5 Å². The van der Waals surface area contributed by atoms with Gasteiger partial charge in [0.15, 0.2) is 11.5 Å². The first-order valence-corrected chi connectivity index (χ1v) is 7.27. The summed E-state index contributed by atoms with van der Waals surface area (Å²) in [5.74, 6) is -0.247. The number of nitrogen functional groups attached to an aromatic ring is 1. The molecule has 1 heterocycles. The number of carbonyl (C=O) groups is 1. The van der Waals surface area contributed by atoms with E-state index in [-0.39, 0.29) is 17.4 Å². The second-order valence-corrected chi connectivity index (χ2v) is 5.17. The second-order valence-electron chi connectivity index (χ2n) is 5.17. The molecule has 6 nitrogen and oxygen atoms in total. The molecule has 0 aliphatic carbocycles. The highest BCUT2D eigenvalue weighted by Crippen LogP contribution is 2.20. The van der Waals surface area contributed by atoms with Crippen molar-refractivity contribution in [1.29, 1.82) is 0 Å². The number of nitrogens with zero attached hydrogens (tertiary/aromatic N) is 3. The summed E-state index contributed by atoms with van der Waals surface area (Å²) in [7, 11) is 0. The molecule has 0 radical (unpaired) electrons. The third-order valence-electron chi connectivity index (χ3n) is 3.36. The van der Waals surface area contributed by atoms with Crippen LogP contribution in [0, 0.1) is 0 Å². The number of aromatic nitrogens is 2. The lowest BCUT2D eigenvalue weighted by molar-refractivity contribution is 0.102. The molecule has 116 valence electrons. The van der Waals surface area contributed by atoms with Gasteiger partial charge in [-0.05, 0) is 45.0 Å². The van der Waals surface area contributed by atoms with Crippen molar-refractivity contribution in [3.63, 3.8) is 0 Å². The number of anilines is 3. The van der Waals surface area contributed by atoms with Gasteiger partial charge in [0.05, 0.1) is 0 Å². The Morgan fingerprint density at radius 1 is 1.23 bits per heavy atom. The van der Waals surface area contributed by atoms with Crippen molar-refractivity contribution in [2.45, 2.75) is 26.8 Å². The van der Waals surface area contributed by atoms with Crippen LogP contribution in [0.15, 0.2) is 36.7 Å². The molecule has 0 aliphatic heterocycles. The highest BCUT2D eigenvalue weighted by molar-refractivity contribution is 6.05. The standard InChI is InChI=1S/C16H21N5O/c1-4-21(11(2)3)13-7-5-12(6-8-13)20-16(22)14-15(17)19-10-9-18-14/h5-11H,4H2,1-3H3,(H2,17,19)(H,20,22). The van der Waals surface area contributed by atoms with E-state index >= 15 is 0 Å². The second kappa shape index (κ2) is 6.89. The molecular formula is C16H21N5O. The van der Waals surface area contributed by atoms with E-state index in [1.54, 1.807) is 0 Å². The van der Waals surface area contributed by atoms with Crippen molar-refractivity contribution in [2.24, 2.45) is 0 Å². The van der Waals surface area contributed by atoms with Gasteiger partial charge in [0, 0.05) is 36.4 Å². The molecular weight excluding hydrogens is 278 g/mol. The molecule has 2 rings (SSSR count). The Hall–Kier alpha value is -2.63. The predicted molar refractivity (Wildman–Crippen MR) is 89.0 cm³/mol. The van der Waals surface area contributed by atoms with Crippen LogP contribution in [-0.2, 0) is 0 Å². The number of nitrogens with two attached hydrogens (primary N) is 1. The first-order chi connectivity index (χ1) is 10.5. The van der Waals surface area contributed by atoms with Crippen LogP contribution >= 0.6 is 0 Å². The van der Waals surface area contributed by atoms with Gasteiger partial charge in [-0.25, -0.2) is 9.97 Å². The molecule has 0 spiro atoms. The number of amides is 1. The Morgan fingerprint density at radius 2 is 1.86 bits per heavy atom. The molecule has 1 aromatic carbocycles. The summed E-state index contributed by atoms with van der Waals surface area (Å²) in [4.78, 5) is 22.2. The maximum Gasteiger partial charge on any atom is 0.278 e. The Labute approximate surface area is 130 Å². The summed E-state index contributed by atoms with van der Waals surface area (Å²) < 4.78 is 0. The fourth-order valence-electron chi connectivity index (χ4n) is 2.30. The van der Waals surface area contributed by atoms with E-state index in [4.69, 9.17) is 5.73 Å². The molecule has 0 saturated heterocycles. The van der Waals surface area contributed by atoms with E-state index in [2.05, 4.69) is 41.0 Å². The first kappa shape index (κ1) is 15.8. The normalized spacial score (nSPS) is 10.5. The molecule has 3 N–H and O–H groups in total. The maximum atomic E-state index is 12.1. The summed E-state index contributed by atoms with van der Waals surface area (Å²) in [5, 5.41) is 2.77. The highest BCUT2D eigenvalue weighted by Gasteiger charge is 2.13. The van der Waals surface area contributed by atoms with E-state index in [0.717, 1.165) is 12.2 Å². The van der Waals surface area contributed by atoms with Crippen LogP contribution in [0.5, 0.6) is 0 Å². The van der Waals surface area contributed by atoms with Crippen LogP contribution in [0.1, 0.15) is 31.3 Å². The van der Waals surface area contributed by atoms with E-state index in [1.165, 1.54) is 12.4 Å². The Balaban J connectivity index is 2.12. The number of carbonyl (C=O) groups excluding carboxylic acids is 1. The lowest BCUT2D eigenvalue weighted by atomic mass is 10.2. The number of rotatable bonds is 5. The van der Waals surface area contributed by atoms with E-state index in [1.807, 2.05) is 24.3 Å². The monoisotopic (exact) mass is 299 g/mol. The van der Waals surface area contributed by atoms with Gasteiger partial charge >= 0.3 is 0 Å². The fraction of sp³-hybridized carbons (Fsp3) is 0.312. The Bertz CT molecular complexity index is 639. The average molecular weight is 299 g/mol. The Morgan fingerprint density at radius 3 is 2.41 bits per heavy atom. The van der Waals surface area contributed by atoms with Crippen molar-refractivity contribution in [3.8, 4) is 0 Å². The molecule has 0 unspecified atom stereocenters. The molecule has 1 amide bonds. The van der Waals surface area contributed by atoms with E-state index < -0.39 is 0 Å². The smallest absolute Gasteiger partial charge is 0.278 e. The van der Waals surface area contributed by atoms with Gasteiger partial charge in [0.1, 0.15) is 0 Å². The van der Waals surface area contributed by atoms with Crippen molar-refractivity contribution >= 4 is 23.1 Å². The predicted octanol–water partition coefficient (Wildman–Crippen LogP) is 2.55. The zero-order valence-electron chi connectivity index (χ0n) is 13.1. The first-order valence-electron chi connectivity index (χ1n) is 7.27. The SMILES string of the molecule is CCN(c1ccc(NC(=O)c2nccnc2N)cc1)C(C)C. The number of hydrogen-bond acceptors (Lipinski definition) is 5. The minimum atomic E-state index is -0.366. The topological polar surface area (TPSA) is 84.1 Å². The van der Waals surface area contributed by atoms with Crippen LogP contribution in [0.25, 0.3) is 0 Å². The minimum absolute atomic E-state index is 0.119. The van der Waals surface area contributed by atoms with E-state index in [0.29, 0.717) is 11.7 Å². The number of benzene rings is 1. The zero-order chi connectivity index (χ0) is 16.1. The van der Waals surface area contributed by atoms with Crippen molar-refractivity contribution in [2.75, 3.05) is 22.5 Å². The van der Waals surface area contributed by atoms with Gasteiger partial charge < -0.3 is 16.0 Å². The lowest BCUT2D eigenvalue weighted by Crippen LogP contribution is -2.30. The van der Waals surface area contributed by atoms with Crippen LogP contribution in [0.2, 0.25) is 0 Å². The lowest BCUT2D eigenvalue weighted by Gasteiger charge is -2.27. The van der Waals surface area contributed by atoms with Crippen LogP contribution in [0.4, 0.5) is 17.2 Å². The van der Waals surface area contributed by atoms with Gasteiger partial charge in [0.2, 0.25) is 0 Å². The molecule has 0 aliphatic rings. The molecule has 0 fully saturated rings. The van der Waals surface area contributed by atoms with Gasteiger partial charge in [-0.1, -0.05) is 0 Å². The summed E-state index contributed by atoms with van der Waals surface area (Å²) in [6, 6.07) is 8.12. The quantitative estimate of drug-likeness (QED) is 0.886. The molecule has 0 saturated carbocycles. The van der Waals surface area contributed by atoms with Crippen molar-refractivity contribution < 1.29 is 4.79 Å². The summed E-state index contributed by atoms with van der Waals surface area (Å²) in [6.07, 6.45) is 2.89. The largest absolute Gasteiger partial charge is 0.382 e. The Kier molecular flexibility index (Phi) is 4.93. The van der Waals surface area contributed by atoms with Crippen LogP contribution in [0.3, 0.4) is 0 Å². The third-order valence-corrected chi connectivity index (χ3v) is 3.36. The van der Waals surface area contributed by atoms with Gasteiger partial charge in [-0.2, -0.15) is 0 Å². The van der Waals surface area contributed by atoms with Crippen molar-refractivity contribution in [1.82, 2.24) is 9.97 Å². The molecule has 22 heavy (non-hydrogen) atoms. The molecule has 1 aromatic heterocycles. The molecule has 0 bridgehead atoms. The maximum absolute atomic E-state index is 12.1. The van der Waals surface area contributed by atoms with Gasteiger partial charge in [-0.3, -0.25) is 4.79 Å². The van der Waals surface area contributed by atoms with Crippen molar-refractivity contribution in [3.05, 3.63) is 42.4 Å².